The van der Waals surface area contributed by atoms with Gasteiger partial charge in [-0.3, -0.25) is 15.0 Å². The number of rotatable bonds is 7. The summed E-state index contributed by atoms with van der Waals surface area (Å²) >= 11 is 0. The zero-order valence-electron chi connectivity index (χ0n) is 18.0. The van der Waals surface area contributed by atoms with Crippen molar-refractivity contribution < 1.29 is 19.1 Å². The third-order valence-electron chi connectivity index (χ3n) is 5.03. The van der Waals surface area contributed by atoms with E-state index < -0.39 is 11.8 Å². The zero-order valence-corrected chi connectivity index (χ0v) is 18.0. The van der Waals surface area contributed by atoms with Crippen LogP contribution in [0.15, 0.2) is 78.4 Å². The van der Waals surface area contributed by atoms with Gasteiger partial charge in [-0.2, -0.15) is 0 Å². The summed E-state index contributed by atoms with van der Waals surface area (Å²) in [6.07, 6.45) is 1.57. The molecule has 0 radical (unpaired) electrons. The molecule has 4 rings (SSSR count). The number of hydrogen-bond acceptors (Lipinski definition) is 4. The number of aryl methyl sites for hydroxylation is 2. The van der Waals surface area contributed by atoms with Gasteiger partial charge in [-0.15, -0.1) is 0 Å². The highest BCUT2D eigenvalue weighted by atomic mass is 16.5. The average Bonchev–Trinajstić information content (AvgIpc) is 3.08. The summed E-state index contributed by atoms with van der Waals surface area (Å²) in [7, 11) is 0. The van der Waals surface area contributed by atoms with Crippen molar-refractivity contribution in [2.24, 2.45) is 0 Å². The van der Waals surface area contributed by atoms with Crippen LogP contribution in [0, 0.1) is 13.8 Å². The lowest BCUT2D eigenvalue weighted by atomic mass is 10.1. The number of anilines is 1. The molecule has 0 atom stereocenters. The Morgan fingerprint density at radius 2 is 1.66 bits per heavy atom. The van der Waals surface area contributed by atoms with Crippen molar-refractivity contribution in [2.45, 2.75) is 13.8 Å². The van der Waals surface area contributed by atoms with E-state index in [1.165, 1.54) is 5.01 Å². The van der Waals surface area contributed by atoms with E-state index in [1.807, 2.05) is 56.3 Å². The minimum atomic E-state index is -0.438. The summed E-state index contributed by atoms with van der Waals surface area (Å²) in [6.45, 7) is 4.81. The second kappa shape index (κ2) is 9.39. The van der Waals surface area contributed by atoms with Crippen molar-refractivity contribution in [1.82, 2.24) is 5.43 Å². The average molecular weight is 428 g/mol. The quantitative estimate of drug-likeness (QED) is 0.348. The fourth-order valence-electron chi connectivity index (χ4n) is 3.35. The first-order chi connectivity index (χ1) is 15.5. The van der Waals surface area contributed by atoms with Crippen molar-refractivity contribution >= 4 is 23.6 Å². The van der Waals surface area contributed by atoms with E-state index in [1.54, 1.807) is 36.4 Å². The molecule has 6 heteroatoms. The Kier molecular flexibility index (Phi) is 6.22. The van der Waals surface area contributed by atoms with Crippen molar-refractivity contribution in [3.63, 3.8) is 0 Å². The van der Waals surface area contributed by atoms with Crippen LogP contribution in [0.4, 0.5) is 5.69 Å². The number of nitrogens with one attached hydrogen (secondary N) is 1. The molecular formula is C26H24N2O4. The third-order valence-corrected chi connectivity index (χ3v) is 5.03. The Morgan fingerprint density at radius 1 is 0.875 bits per heavy atom. The van der Waals surface area contributed by atoms with Crippen LogP contribution in [0.1, 0.15) is 16.7 Å². The number of nitrogens with zero attached hydrogens (tertiary/aromatic N) is 1. The summed E-state index contributed by atoms with van der Waals surface area (Å²) in [5.74, 6) is 0.650. The van der Waals surface area contributed by atoms with Gasteiger partial charge in [-0.25, -0.2) is 5.01 Å². The Labute approximate surface area is 187 Å². The molecule has 6 nitrogen and oxygen atoms in total. The molecule has 1 aliphatic heterocycles. The lowest BCUT2D eigenvalue weighted by Crippen LogP contribution is -2.35. The molecule has 2 amide bonds. The Hall–Kier alpha value is -4.06. The van der Waals surface area contributed by atoms with Crippen LogP contribution >= 0.6 is 0 Å². The highest BCUT2D eigenvalue weighted by Crippen LogP contribution is 2.23. The van der Waals surface area contributed by atoms with Crippen LogP contribution < -0.4 is 19.9 Å². The largest absolute Gasteiger partial charge is 0.490 e. The fourth-order valence-corrected chi connectivity index (χ4v) is 3.35. The van der Waals surface area contributed by atoms with Crippen LogP contribution in [-0.2, 0) is 9.59 Å². The summed E-state index contributed by atoms with van der Waals surface area (Å²) in [4.78, 5) is 25.1. The van der Waals surface area contributed by atoms with Gasteiger partial charge in [-0.05, 0) is 66.9 Å². The monoisotopic (exact) mass is 428 g/mol. The summed E-state index contributed by atoms with van der Waals surface area (Å²) < 4.78 is 11.6. The molecule has 0 unspecified atom stereocenters. The third kappa shape index (κ3) is 4.81. The molecular weight excluding hydrogens is 404 g/mol. The molecule has 0 aliphatic carbocycles. The SMILES string of the molecule is Cc1ccc(C)c(OCCOc2cccc(/C=C3\C(=O)NN(c4ccccc4)C3=O)c2)c1. The summed E-state index contributed by atoms with van der Waals surface area (Å²) in [5.41, 5.74) is 6.20. The maximum atomic E-state index is 12.7. The van der Waals surface area contributed by atoms with Crippen LogP contribution in [0.3, 0.4) is 0 Å². The van der Waals surface area contributed by atoms with E-state index in [2.05, 4.69) is 5.43 Å². The van der Waals surface area contributed by atoms with Crippen molar-refractivity contribution in [2.75, 3.05) is 18.2 Å². The molecule has 1 heterocycles. The molecule has 1 saturated heterocycles. The summed E-state index contributed by atoms with van der Waals surface area (Å²) in [6, 6.07) is 22.3. The van der Waals surface area contributed by atoms with Crippen LogP contribution in [-0.4, -0.2) is 25.0 Å². The maximum Gasteiger partial charge on any atom is 0.282 e. The number of hydrazine groups is 1. The van der Waals surface area contributed by atoms with Gasteiger partial charge in [0.1, 0.15) is 30.3 Å². The van der Waals surface area contributed by atoms with E-state index in [9.17, 15) is 9.59 Å². The fraction of sp³-hybridized carbons (Fsp3) is 0.154. The number of carbonyl (C=O) groups is 2. The molecule has 1 aliphatic rings. The van der Waals surface area contributed by atoms with Crippen LogP contribution in [0.25, 0.3) is 6.08 Å². The first-order valence-electron chi connectivity index (χ1n) is 10.4. The number of ether oxygens (including phenoxy) is 2. The molecule has 0 saturated carbocycles. The minimum Gasteiger partial charge on any atom is -0.490 e. The molecule has 32 heavy (non-hydrogen) atoms. The van der Waals surface area contributed by atoms with Gasteiger partial charge in [0.25, 0.3) is 11.8 Å². The Bertz CT molecular complexity index is 1170. The van der Waals surface area contributed by atoms with Gasteiger partial charge in [0.15, 0.2) is 0 Å². The Morgan fingerprint density at radius 3 is 2.47 bits per heavy atom. The molecule has 1 N–H and O–H groups in total. The van der Waals surface area contributed by atoms with Gasteiger partial charge < -0.3 is 9.47 Å². The standard InChI is InChI=1S/C26H24N2O4/c1-18-11-12-19(2)24(15-18)32-14-13-31-22-10-6-7-20(16-22)17-23-25(29)27-28(26(23)30)21-8-4-3-5-9-21/h3-12,15-17H,13-14H2,1-2H3,(H,27,29)/b23-17+. The summed E-state index contributed by atoms with van der Waals surface area (Å²) in [5, 5.41) is 1.25. The number of carbonyl (C=O) groups excluding carboxylic acids is 2. The van der Waals surface area contributed by atoms with E-state index in [-0.39, 0.29) is 5.57 Å². The van der Waals surface area contributed by atoms with E-state index in [4.69, 9.17) is 9.47 Å². The minimum absolute atomic E-state index is 0.0734. The first kappa shape index (κ1) is 21.2. The van der Waals surface area contributed by atoms with E-state index in [0.29, 0.717) is 30.2 Å². The smallest absolute Gasteiger partial charge is 0.282 e. The molecule has 1 fully saturated rings. The van der Waals surface area contributed by atoms with Crippen LogP contribution in [0.2, 0.25) is 0 Å². The predicted molar refractivity (Wildman–Crippen MR) is 123 cm³/mol. The zero-order chi connectivity index (χ0) is 22.5. The topological polar surface area (TPSA) is 67.9 Å². The number of para-hydroxylation sites is 1. The molecule has 3 aromatic rings. The first-order valence-corrected chi connectivity index (χ1v) is 10.4. The molecule has 0 aromatic heterocycles. The highest BCUT2D eigenvalue weighted by Gasteiger charge is 2.34. The molecule has 0 spiro atoms. The molecule has 162 valence electrons. The lowest BCUT2D eigenvalue weighted by Gasteiger charge is -2.13. The number of hydrogen-bond donors (Lipinski definition) is 1. The molecule has 3 aromatic carbocycles. The van der Waals surface area contributed by atoms with Crippen molar-refractivity contribution in [3.05, 3.63) is 95.1 Å². The second-order valence-electron chi connectivity index (χ2n) is 7.51. The van der Waals surface area contributed by atoms with Gasteiger partial charge >= 0.3 is 0 Å². The van der Waals surface area contributed by atoms with E-state index >= 15 is 0 Å². The van der Waals surface area contributed by atoms with Crippen molar-refractivity contribution in [1.29, 1.82) is 0 Å². The van der Waals surface area contributed by atoms with E-state index in [0.717, 1.165) is 16.9 Å². The Balaban J connectivity index is 1.39. The van der Waals surface area contributed by atoms with Crippen molar-refractivity contribution in [3.8, 4) is 11.5 Å². The highest BCUT2D eigenvalue weighted by molar-refractivity contribution is 6.31. The molecule has 0 bridgehead atoms. The van der Waals surface area contributed by atoms with Gasteiger partial charge in [0, 0.05) is 0 Å². The van der Waals surface area contributed by atoms with Crippen LogP contribution in [0.5, 0.6) is 11.5 Å². The van der Waals surface area contributed by atoms with Gasteiger partial charge in [0.05, 0.1) is 5.69 Å². The predicted octanol–water partition coefficient (Wildman–Crippen LogP) is 4.22. The number of amides is 2. The maximum absolute atomic E-state index is 12.7. The van der Waals surface area contributed by atoms with Gasteiger partial charge in [-0.1, -0.05) is 42.5 Å². The normalized spacial score (nSPS) is 14.6. The second-order valence-corrected chi connectivity index (χ2v) is 7.51. The van der Waals surface area contributed by atoms with Gasteiger partial charge in [0.2, 0.25) is 0 Å². The lowest BCUT2D eigenvalue weighted by molar-refractivity contribution is -0.117. The number of benzene rings is 3.